The van der Waals surface area contributed by atoms with E-state index in [4.69, 9.17) is 9.47 Å². The molecule has 2 heterocycles. The van der Waals surface area contributed by atoms with Crippen LogP contribution in [0.4, 0.5) is 0 Å². The highest BCUT2D eigenvalue weighted by molar-refractivity contribution is 5.95. The molecule has 0 bridgehead atoms. The summed E-state index contributed by atoms with van der Waals surface area (Å²) in [6.45, 7) is 4.07. The first kappa shape index (κ1) is 21.2. The third-order valence-corrected chi connectivity index (χ3v) is 7.19. The molecule has 1 saturated heterocycles. The van der Waals surface area contributed by atoms with E-state index >= 15 is 0 Å². The molecule has 0 aromatic heterocycles. The van der Waals surface area contributed by atoms with Crippen LogP contribution in [0.5, 0.6) is 5.75 Å². The normalized spacial score (nSPS) is 26.7. The topological polar surface area (TPSA) is 59.1 Å². The van der Waals surface area contributed by atoms with Crippen LogP contribution in [0.3, 0.4) is 0 Å². The number of rotatable bonds is 5. The molecule has 0 N–H and O–H groups in total. The Labute approximate surface area is 179 Å². The number of esters is 1. The van der Waals surface area contributed by atoms with Crippen molar-refractivity contribution in [2.45, 2.75) is 57.0 Å². The second-order valence-corrected chi connectivity index (χ2v) is 9.09. The first-order chi connectivity index (χ1) is 14.5. The van der Waals surface area contributed by atoms with Gasteiger partial charge in [0.15, 0.2) is 0 Å². The van der Waals surface area contributed by atoms with Gasteiger partial charge in [-0.1, -0.05) is 18.9 Å². The van der Waals surface area contributed by atoms with Gasteiger partial charge in [0.2, 0.25) is 5.91 Å². The van der Waals surface area contributed by atoms with Crippen molar-refractivity contribution in [2.24, 2.45) is 5.92 Å². The van der Waals surface area contributed by atoms with Gasteiger partial charge in [0, 0.05) is 31.6 Å². The highest BCUT2D eigenvalue weighted by Crippen LogP contribution is 2.48. The predicted octanol–water partition coefficient (Wildman–Crippen LogP) is 3.59. The smallest absolute Gasteiger partial charge is 0.339 e. The van der Waals surface area contributed by atoms with Gasteiger partial charge in [-0.2, -0.15) is 0 Å². The van der Waals surface area contributed by atoms with Crippen molar-refractivity contribution >= 4 is 11.9 Å². The molecule has 1 aromatic rings. The Morgan fingerprint density at radius 2 is 1.90 bits per heavy atom. The van der Waals surface area contributed by atoms with Gasteiger partial charge in [0.05, 0.1) is 12.7 Å². The van der Waals surface area contributed by atoms with E-state index in [1.54, 1.807) is 13.2 Å². The lowest BCUT2D eigenvalue weighted by Crippen LogP contribution is -2.42. The number of fused-ring (bicyclic) bond motifs is 2. The Balaban J connectivity index is 1.33. The van der Waals surface area contributed by atoms with Crippen molar-refractivity contribution in [3.8, 4) is 5.75 Å². The molecule has 30 heavy (non-hydrogen) atoms. The Morgan fingerprint density at radius 3 is 2.57 bits per heavy atom. The fourth-order valence-electron chi connectivity index (χ4n) is 5.28. The van der Waals surface area contributed by atoms with Crippen LogP contribution in [0.2, 0.25) is 0 Å². The molecule has 164 valence electrons. The third-order valence-electron chi connectivity index (χ3n) is 7.19. The van der Waals surface area contributed by atoms with Gasteiger partial charge in [-0.05, 0) is 63.7 Å². The van der Waals surface area contributed by atoms with E-state index in [0.717, 1.165) is 44.6 Å². The summed E-state index contributed by atoms with van der Waals surface area (Å²) in [7, 11) is 3.53. The van der Waals surface area contributed by atoms with Crippen molar-refractivity contribution < 1.29 is 19.1 Å². The van der Waals surface area contributed by atoms with Crippen molar-refractivity contribution in [3.63, 3.8) is 0 Å². The number of likely N-dealkylation sites (N-methyl/N-ethyl adjacent to an activating group) is 1. The summed E-state index contributed by atoms with van der Waals surface area (Å²) in [5, 5.41) is 0. The maximum atomic E-state index is 13.0. The zero-order chi connectivity index (χ0) is 21.1. The lowest BCUT2D eigenvalue weighted by atomic mass is 9.74. The van der Waals surface area contributed by atoms with Crippen molar-refractivity contribution in [1.82, 2.24) is 9.80 Å². The number of carbonyl (C=O) groups is 2. The first-order valence-corrected chi connectivity index (χ1v) is 11.4. The van der Waals surface area contributed by atoms with E-state index < -0.39 is 5.60 Å². The molecule has 6 heteroatoms. The zero-order valence-electron chi connectivity index (χ0n) is 18.3. The van der Waals surface area contributed by atoms with Gasteiger partial charge in [-0.15, -0.1) is 0 Å². The summed E-state index contributed by atoms with van der Waals surface area (Å²) in [6, 6.07) is 5.60. The second kappa shape index (κ2) is 8.96. The lowest BCUT2D eigenvalue weighted by molar-refractivity contribution is -0.137. The minimum absolute atomic E-state index is 0.0192. The maximum absolute atomic E-state index is 13.0. The first-order valence-electron chi connectivity index (χ1n) is 11.4. The molecule has 0 radical (unpaired) electrons. The summed E-state index contributed by atoms with van der Waals surface area (Å²) in [5.74, 6) is 0.644. The van der Waals surface area contributed by atoms with Crippen molar-refractivity contribution in [1.29, 1.82) is 0 Å². The Bertz CT molecular complexity index is 777. The molecule has 3 aliphatic rings. The molecule has 1 amide bonds. The summed E-state index contributed by atoms with van der Waals surface area (Å²) in [6.07, 6.45) is 8.12. The zero-order valence-corrected chi connectivity index (χ0v) is 18.3. The summed E-state index contributed by atoms with van der Waals surface area (Å²) in [4.78, 5) is 29.9. The number of amides is 1. The molecule has 1 aliphatic carbocycles. The minimum Gasteiger partial charge on any atom is -0.497 e. The van der Waals surface area contributed by atoms with E-state index in [1.165, 1.54) is 25.7 Å². The predicted molar refractivity (Wildman–Crippen MR) is 115 cm³/mol. The number of ether oxygens (including phenoxy) is 2. The van der Waals surface area contributed by atoms with Gasteiger partial charge in [-0.25, -0.2) is 4.79 Å². The summed E-state index contributed by atoms with van der Waals surface area (Å²) < 4.78 is 11.1. The molecule has 1 spiro atoms. The van der Waals surface area contributed by atoms with E-state index in [9.17, 15) is 9.59 Å². The average molecular weight is 415 g/mol. The molecule has 2 aliphatic heterocycles. The quantitative estimate of drug-likeness (QED) is 0.689. The minimum atomic E-state index is -0.569. The molecule has 4 rings (SSSR count). The number of benzene rings is 1. The number of likely N-dealkylation sites (tertiary alicyclic amines) is 1. The number of carbonyl (C=O) groups excluding carboxylic acids is 2. The Hall–Kier alpha value is -2.08. The van der Waals surface area contributed by atoms with Crippen LogP contribution in [-0.2, 0) is 15.1 Å². The molecule has 0 unspecified atom stereocenters. The van der Waals surface area contributed by atoms with Crippen LogP contribution in [0, 0.1) is 5.92 Å². The van der Waals surface area contributed by atoms with Gasteiger partial charge < -0.3 is 19.3 Å². The summed E-state index contributed by atoms with van der Waals surface area (Å²) in [5.41, 5.74) is 0.988. The second-order valence-electron chi connectivity index (χ2n) is 9.09. The van der Waals surface area contributed by atoms with Crippen LogP contribution < -0.4 is 4.74 Å². The lowest BCUT2D eigenvalue weighted by Gasteiger charge is -2.37. The van der Waals surface area contributed by atoms with Gasteiger partial charge in [0.25, 0.3) is 0 Å². The Morgan fingerprint density at radius 1 is 1.20 bits per heavy atom. The summed E-state index contributed by atoms with van der Waals surface area (Å²) >= 11 is 0. The van der Waals surface area contributed by atoms with E-state index in [2.05, 4.69) is 4.90 Å². The molecule has 2 fully saturated rings. The monoisotopic (exact) mass is 414 g/mol. The van der Waals surface area contributed by atoms with E-state index in [-0.39, 0.29) is 17.8 Å². The third kappa shape index (κ3) is 4.20. The van der Waals surface area contributed by atoms with Crippen LogP contribution in [0.15, 0.2) is 18.2 Å². The largest absolute Gasteiger partial charge is 0.497 e. The Kier molecular flexibility index (Phi) is 6.32. The van der Waals surface area contributed by atoms with Gasteiger partial charge >= 0.3 is 5.97 Å². The molecular formula is C24H34N2O4. The maximum Gasteiger partial charge on any atom is 0.339 e. The number of nitrogens with zero attached hydrogens (tertiary/aromatic N) is 2. The molecule has 0 atom stereocenters. The van der Waals surface area contributed by atoms with Crippen LogP contribution in [-0.4, -0.2) is 62.0 Å². The number of hydrogen-bond donors (Lipinski definition) is 0. The highest BCUT2D eigenvalue weighted by atomic mass is 16.6. The molecule has 6 nitrogen and oxygen atoms in total. The fraction of sp³-hybridized carbons (Fsp3) is 0.667. The molecule has 1 saturated carbocycles. The van der Waals surface area contributed by atoms with Gasteiger partial charge in [-0.3, -0.25) is 4.79 Å². The molecular weight excluding hydrogens is 380 g/mol. The van der Waals surface area contributed by atoms with E-state index in [1.807, 2.05) is 24.1 Å². The van der Waals surface area contributed by atoms with Crippen LogP contribution in [0.25, 0.3) is 0 Å². The highest BCUT2D eigenvalue weighted by Gasteiger charge is 2.48. The number of methoxy groups -OCH3 is 1. The van der Waals surface area contributed by atoms with Crippen LogP contribution in [0.1, 0.15) is 67.3 Å². The van der Waals surface area contributed by atoms with Gasteiger partial charge in [0.1, 0.15) is 11.4 Å². The number of hydrogen-bond acceptors (Lipinski definition) is 5. The SMILES string of the molecule is COc1ccc2c(c1)C(=O)OC21CCC(C(=O)N(C)CCN2CCCCCC2)CC1. The standard InChI is InChI=1S/C24H34N2O4/c1-25(15-16-26-13-5-3-4-6-14-26)22(27)18-9-11-24(12-10-18)21-8-7-19(29-2)17-20(21)23(28)30-24/h7-8,17-18H,3-6,9-16H2,1-2H3. The van der Waals surface area contributed by atoms with E-state index in [0.29, 0.717) is 24.2 Å². The fourth-order valence-corrected chi connectivity index (χ4v) is 5.28. The molecule has 1 aromatic carbocycles. The van der Waals surface area contributed by atoms with Crippen LogP contribution >= 0.6 is 0 Å². The van der Waals surface area contributed by atoms with Crippen molar-refractivity contribution in [2.75, 3.05) is 40.3 Å². The van der Waals surface area contributed by atoms with Crippen molar-refractivity contribution in [3.05, 3.63) is 29.3 Å². The average Bonchev–Trinajstić information content (AvgIpc) is 2.94.